The number of rotatable bonds is 12. The van der Waals surface area contributed by atoms with Gasteiger partial charge in [-0.2, -0.15) is 5.10 Å². The fraction of sp³-hybridized carbons (Fsp3) is 0.143. The Balaban J connectivity index is 1.17. The van der Waals surface area contributed by atoms with Crippen molar-refractivity contribution in [2.75, 3.05) is 23.8 Å². The lowest BCUT2D eigenvalue weighted by Gasteiger charge is -2.15. The Morgan fingerprint density at radius 1 is 0.978 bits per heavy atom. The van der Waals surface area contributed by atoms with Crippen LogP contribution in [0, 0.1) is 13.8 Å². The van der Waals surface area contributed by atoms with Gasteiger partial charge in [-0.1, -0.05) is 59.6 Å². The predicted molar refractivity (Wildman–Crippen MR) is 185 cm³/mol. The van der Waals surface area contributed by atoms with Gasteiger partial charge in [-0.25, -0.2) is 10.4 Å². The molecule has 5 aromatic rings. The van der Waals surface area contributed by atoms with E-state index in [0.717, 1.165) is 27.6 Å². The fourth-order valence-electron chi connectivity index (χ4n) is 4.35. The topological polar surface area (TPSA) is 114 Å². The lowest BCUT2D eigenvalue weighted by atomic mass is 10.1. The van der Waals surface area contributed by atoms with Crippen molar-refractivity contribution < 1.29 is 19.1 Å². The van der Waals surface area contributed by atoms with Crippen LogP contribution in [-0.2, 0) is 4.79 Å². The van der Waals surface area contributed by atoms with E-state index in [4.69, 9.17) is 21.1 Å². The van der Waals surface area contributed by atoms with Crippen LogP contribution in [0.2, 0.25) is 5.02 Å². The first kappa shape index (κ1) is 32.2. The second-order valence-corrected chi connectivity index (χ2v) is 11.5. The lowest BCUT2D eigenvalue weighted by molar-refractivity contribution is -0.118. The Bertz CT molecular complexity index is 1860. The first-order valence-corrected chi connectivity index (χ1v) is 15.7. The molecule has 46 heavy (non-hydrogen) atoms. The highest BCUT2D eigenvalue weighted by molar-refractivity contribution is 7.14. The summed E-state index contributed by atoms with van der Waals surface area (Å²) in [7, 11) is 0. The van der Waals surface area contributed by atoms with Gasteiger partial charge in [0.1, 0.15) is 0 Å². The van der Waals surface area contributed by atoms with E-state index < -0.39 is 0 Å². The summed E-state index contributed by atoms with van der Waals surface area (Å²) in [6.45, 7) is 5.87. The number of hydrazone groups is 1. The number of thiazole rings is 1. The summed E-state index contributed by atoms with van der Waals surface area (Å²) in [6.07, 6.45) is 1.45. The molecule has 0 aliphatic rings. The van der Waals surface area contributed by atoms with Gasteiger partial charge in [0, 0.05) is 27.9 Å². The first-order chi connectivity index (χ1) is 22.3. The Kier molecular flexibility index (Phi) is 10.6. The summed E-state index contributed by atoms with van der Waals surface area (Å²) in [5.74, 6) is -0.122. The van der Waals surface area contributed by atoms with Gasteiger partial charge in [-0.15, -0.1) is 11.3 Å². The number of benzene rings is 4. The van der Waals surface area contributed by atoms with Gasteiger partial charge in [0.15, 0.2) is 23.2 Å². The molecule has 234 valence electrons. The second kappa shape index (κ2) is 15.2. The highest BCUT2D eigenvalue weighted by atomic mass is 35.5. The minimum Gasteiger partial charge on any atom is -0.490 e. The Morgan fingerprint density at radius 3 is 2.48 bits per heavy atom. The maximum atomic E-state index is 12.7. The van der Waals surface area contributed by atoms with Gasteiger partial charge < -0.3 is 20.1 Å². The molecule has 0 bridgehead atoms. The van der Waals surface area contributed by atoms with Crippen molar-refractivity contribution >= 4 is 57.5 Å². The summed E-state index contributed by atoms with van der Waals surface area (Å²) in [5, 5.41) is 13.2. The van der Waals surface area contributed by atoms with Gasteiger partial charge in [-0.3, -0.25) is 9.59 Å². The molecule has 1 aromatic heterocycles. The molecule has 0 saturated heterocycles. The number of aromatic nitrogens is 1. The summed E-state index contributed by atoms with van der Waals surface area (Å²) >= 11 is 8.00. The monoisotopic (exact) mass is 653 g/mol. The van der Waals surface area contributed by atoms with E-state index in [1.165, 1.54) is 23.1 Å². The molecule has 0 saturated carbocycles. The number of halogens is 1. The number of carbonyl (C=O) groups is 2. The maximum Gasteiger partial charge on any atom is 0.271 e. The molecular formula is C35H32ClN5O4S. The molecule has 0 aliphatic heterocycles. The number of carbonyl (C=O) groups excluding carboxylic acids is 2. The molecule has 0 radical (unpaired) electrons. The third-order valence-corrected chi connectivity index (χ3v) is 7.77. The normalized spacial score (nSPS) is 10.9. The van der Waals surface area contributed by atoms with Gasteiger partial charge >= 0.3 is 0 Å². The lowest BCUT2D eigenvalue weighted by Crippen LogP contribution is -2.21. The summed E-state index contributed by atoms with van der Waals surface area (Å²) < 4.78 is 11.4. The average Bonchev–Trinajstić information content (AvgIpc) is 3.51. The van der Waals surface area contributed by atoms with Crippen LogP contribution in [0.5, 0.6) is 11.5 Å². The molecule has 11 heteroatoms. The van der Waals surface area contributed by atoms with Crippen LogP contribution in [-0.4, -0.2) is 36.2 Å². The van der Waals surface area contributed by atoms with E-state index >= 15 is 0 Å². The number of hydrogen-bond acceptors (Lipinski definition) is 8. The summed E-state index contributed by atoms with van der Waals surface area (Å²) in [5.41, 5.74) is 9.05. The van der Waals surface area contributed by atoms with Gasteiger partial charge in [-0.05, 0) is 74.4 Å². The summed E-state index contributed by atoms with van der Waals surface area (Å²) in [4.78, 5) is 29.9. The SMILES string of the molecule is CCOc1cc(/C=N/NC(=O)c2ccc(-c3csc(Nc4ccc(C)cc4)n3)cc2)cc(Cl)c1OCC(=O)Nc1ccccc1C. The number of hydrogen-bond donors (Lipinski definition) is 3. The van der Waals surface area contributed by atoms with Crippen molar-refractivity contribution in [2.45, 2.75) is 20.8 Å². The van der Waals surface area contributed by atoms with Crippen LogP contribution >= 0.6 is 22.9 Å². The quantitative estimate of drug-likeness (QED) is 0.0929. The van der Waals surface area contributed by atoms with Gasteiger partial charge in [0.25, 0.3) is 11.8 Å². The third-order valence-electron chi connectivity index (χ3n) is 6.73. The molecule has 2 amide bonds. The molecule has 0 unspecified atom stereocenters. The highest BCUT2D eigenvalue weighted by Gasteiger charge is 2.15. The van der Waals surface area contributed by atoms with E-state index in [-0.39, 0.29) is 29.2 Å². The van der Waals surface area contributed by atoms with E-state index in [1.54, 1.807) is 24.3 Å². The van der Waals surface area contributed by atoms with Gasteiger partial charge in [0.05, 0.1) is 23.5 Å². The number of ether oxygens (including phenoxy) is 2. The largest absolute Gasteiger partial charge is 0.490 e. The molecule has 4 aromatic carbocycles. The predicted octanol–water partition coefficient (Wildman–Crippen LogP) is 8.00. The van der Waals surface area contributed by atoms with Crippen molar-refractivity contribution in [2.24, 2.45) is 5.10 Å². The molecule has 5 rings (SSSR count). The Hall–Kier alpha value is -5.19. The number of anilines is 3. The molecule has 3 N–H and O–H groups in total. The third kappa shape index (κ3) is 8.50. The molecule has 0 fully saturated rings. The summed E-state index contributed by atoms with van der Waals surface area (Å²) in [6, 6.07) is 26.0. The van der Waals surface area contributed by atoms with Crippen LogP contribution in [0.25, 0.3) is 11.3 Å². The zero-order chi connectivity index (χ0) is 32.5. The van der Waals surface area contributed by atoms with Crippen molar-refractivity contribution in [3.63, 3.8) is 0 Å². The number of amides is 2. The van der Waals surface area contributed by atoms with E-state index in [1.807, 2.05) is 86.8 Å². The van der Waals surface area contributed by atoms with Crippen LogP contribution < -0.4 is 25.5 Å². The zero-order valence-electron chi connectivity index (χ0n) is 25.5. The highest BCUT2D eigenvalue weighted by Crippen LogP contribution is 2.36. The molecule has 0 spiro atoms. The molecule has 0 atom stereocenters. The zero-order valence-corrected chi connectivity index (χ0v) is 27.0. The maximum absolute atomic E-state index is 12.7. The van der Waals surface area contributed by atoms with Crippen molar-refractivity contribution in [1.29, 1.82) is 0 Å². The number of nitrogens with one attached hydrogen (secondary N) is 3. The fourth-order valence-corrected chi connectivity index (χ4v) is 5.36. The van der Waals surface area contributed by atoms with Crippen LogP contribution in [0.3, 0.4) is 0 Å². The number of aryl methyl sites for hydroxylation is 2. The smallest absolute Gasteiger partial charge is 0.271 e. The van der Waals surface area contributed by atoms with Gasteiger partial charge in [0.2, 0.25) is 0 Å². The average molecular weight is 654 g/mol. The minimum absolute atomic E-state index is 0.234. The van der Waals surface area contributed by atoms with E-state index in [9.17, 15) is 9.59 Å². The molecular weight excluding hydrogens is 622 g/mol. The van der Waals surface area contributed by atoms with Crippen LogP contribution in [0.4, 0.5) is 16.5 Å². The van der Waals surface area contributed by atoms with Crippen LogP contribution in [0.1, 0.15) is 34.0 Å². The minimum atomic E-state index is -0.376. The Morgan fingerprint density at radius 2 is 1.74 bits per heavy atom. The van der Waals surface area contributed by atoms with Crippen molar-refractivity contribution in [1.82, 2.24) is 10.4 Å². The molecule has 1 heterocycles. The van der Waals surface area contributed by atoms with Crippen molar-refractivity contribution in [3.05, 3.63) is 118 Å². The van der Waals surface area contributed by atoms with Crippen molar-refractivity contribution in [3.8, 4) is 22.8 Å². The molecule has 0 aliphatic carbocycles. The second-order valence-electron chi connectivity index (χ2n) is 10.2. The number of para-hydroxylation sites is 1. The standard InChI is InChI=1S/C35H32ClN5O4S/c1-4-44-31-18-24(17-28(36)33(31)45-20-32(42)39-29-8-6-5-7-23(29)3)19-37-41-34(43)26-13-11-25(12-14-26)30-21-46-35(40-30)38-27-15-9-22(2)10-16-27/h5-19,21H,4,20H2,1-3H3,(H,38,40)(H,39,42)(H,41,43)/b37-19+. The van der Waals surface area contributed by atoms with E-state index in [0.29, 0.717) is 29.2 Å². The molecule has 9 nitrogen and oxygen atoms in total. The first-order valence-electron chi connectivity index (χ1n) is 14.5. The Labute approximate surface area is 276 Å². The van der Waals surface area contributed by atoms with E-state index in [2.05, 4.69) is 26.1 Å². The number of nitrogens with zero attached hydrogens (tertiary/aromatic N) is 2. The van der Waals surface area contributed by atoms with Crippen LogP contribution in [0.15, 0.2) is 95.4 Å².